The number of amides is 1. The number of nitrogens with two attached hydrogens (primary N) is 1. The SMILES string of the molecule is NNc1ccc(Cl)cc1C(=O)Nc1cc(F)c(F)cc1F. The van der Waals surface area contributed by atoms with Gasteiger partial charge in [-0.25, -0.2) is 13.2 Å². The van der Waals surface area contributed by atoms with Crippen LogP contribution in [0.1, 0.15) is 10.4 Å². The Labute approximate surface area is 122 Å². The van der Waals surface area contributed by atoms with Crippen LogP contribution < -0.4 is 16.6 Å². The summed E-state index contributed by atoms with van der Waals surface area (Å²) in [7, 11) is 0. The van der Waals surface area contributed by atoms with Crippen molar-refractivity contribution in [3.05, 3.63) is 58.4 Å². The summed E-state index contributed by atoms with van der Waals surface area (Å²) in [6.07, 6.45) is 0. The number of rotatable bonds is 3. The minimum absolute atomic E-state index is 0.0223. The lowest BCUT2D eigenvalue weighted by molar-refractivity contribution is 0.102. The van der Waals surface area contributed by atoms with Crippen LogP contribution >= 0.6 is 11.6 Å². The molecule has 21 heavy (non-hydrogen) atoms. The first kappa shape index (κ1) is 15.1. The van der Waals surface area contributed by atoms with E-state index in [1.165, 1.54) is 18.2 Å². The van der Waals surface area contributed by atoms with Crippen LogP contribution in [0.4, 0.5) is 24.5 Å². The quantitative estimate of drug-likeness (QED) is 0.462. The molecule has 0 radical (unpaired) electrons. The van der Waals surface area contributed by atoms with Crippen molar-refractivity contribution in [2.24, 2.45) is 5.84 Å². The van der Waals surface area contributed by atoms with E-state index < -0.39 is 29.0 Å². The lowest BCUT2D eigenvalue weighted by Gasteiger charge is -2.11. The number of nitrogens with one attached hydrogen (secondary N) is 2. The fourth-order valence-corrected chi connectivity index (χ4v) is 1.81. The van der Waals surface area contributed by atoms with Crippen LogP contribution in [0.3, 0.4) is 0 Å². The first-order chi connectivity index (χ1) is 9.92. The maximum Gasteiger partial charge on any atom is 0.257 e. The van der Waals surface area contributed by atoms with Crippen LogP contribution in [-0.4, -0.2) is 5.91 Å². The van der Waals surface area contributed by atoms with Crippen molar-refractivity contribution in [1.82, 2.24) is 0 Å². The Morgan fingerprint density at radius 2 is 1.67 bits per heavy atom. The Morgan fingerprint density at radius 1 is 1.00 bits per heavy atom. The van der Waals surface area contributed by atoms with E-state index in [-0.39, 0.29) is 16.3 Å². The molecule has 0 fully saturated rings. The van der Waals surface area contributed by atoms with Crippen molar-refractivity contribution in [3.8, 4) is 0 Å². The van der Waals surface area contributed by atoms with Crippen LogP contribution in [-0.2, 0) is 0 Å². The van der Waals surface area contributed by atoms with E-state index in [9.17, 15) is 18.0 Å². The van der Waals surface area contributed by atoms with Crippen LogP contribution in [0, 0.1) is 17.5 Å². The van der Waals surface area contributed by atoms with E-state index >= 15 is 0 Å². The normalized spacial score (nSPS) is 10.3. The molecular weight excluding hydrogens is 307 g/mol. The van der Waals surface area contributed by atoms with Crippen LogP contribution in [0.15, 0.2) is 30.3 Å². The third-order valence-electron chi connectivity index (χ3n) is 2.64. The van der Waals surface area contributed by atoms with Gasteiger partial charge < -0.3 is 10.7 Å². The van der Waals surface area contributed by atoms with Gasteiger partial charge >= 0.3 is 0 Å². The molecule has 0 unspecified atom stereocenters. The molecule has 2 aromatic rings. The van der Waals surface area contributed by atoms with Gasteiger partial charge in [-0.3, -0.25) is 10.6 Å². The molecule has 4 N–H and O–H groups in total. The Hall–Kier alpha value is -2.25. The van der Waals surface area contributed by atoms with Crippen molar-refractivity contribution in [2.45, 2.75) is 0 Å². The number of carbonyl (C=O) groups excluding carboxylic acids is 1. The highest BCUT2D eigenvalue weighted by atomic mass is 35.5. The van der Waals surface area contributed by atoms with Gasteiger partial charge in [-0.2, -0.15) is 0 Å². The fourth-order valence-electron chi connectivity index (χ4n) is 1.64. The third-order valence-corrected chi connectivity index (χ3v) is 2.88. The third kappa shape index (κ3) is 3.26. The maximum atomic E-state index is 13.5. The molecule has 8 heteroatoms. The summed E-state index contributed by atoms with van der Waals surface area (Å²) in [6, 6.07) is 5.11. The van der Waals surface area contributed by atoms with Gasteiger partial charge in [0.15, 0.2) is 11.6 Å². The summed E-state index contributed by atoms with van der Waals surface area (Å²) in [5.74, 6) is 0.730. The number of halogens is 4. The number of carbonyl (C=O) groups is 1. The molecule has 0 aliphatic carbocycles. The molecule has 0 saturated carbocycles. The fraction of sp³-hybridized carbons (Fsp3) is 0. The van der Waals surface area contributed by atoms with Gasteiger partial charge in [-0.05, 0) is 18.2 Å². The molecular formula is C13H9ClF3N3O. The van der Waals surface area contributed by atoms with Crippen LogP contribution in [0.5, 0.6) is 0 Å². The molecule has 0 aliphatic rings. The lowest BCUT2D eigenvalue weighted by Crippen LogP contribution is -2.18. The second kappa shape index (κ2) is 6.02. The van der Waals surface area contributed by atoms with E-state index in [1.54, 1.807) is 0 Å². The zero-order valence-corrected chi connectivity index (χ0v) is 11.1. The van der Waals surface area contributed by atoms with Gasteiger partial charge in [0.1, 0.15) is 5.82 Å². The van der Waals surface area contributed by atoms with E-state index in [1.807, 2.05) is 0 Å². The molecule has 0 bridgehead atoms. The summed E-state index contributed by atoms with van der Waals surface area (Å²) in [5.41, 5.74) is 2.04. The van der Waals surface area contributed by atoms with Gasteiger partial charge in [0.25, 0.3) is 5.91 Å². The molecule has 0 aromatic heterocycles. The van der Waals surface area contributed by atoms with Crippen molar-refractivity contribution in [1.29, 1.82) is 0 Å². The molecule has 110 valence electrons. The standard InChI is InChI=1S/C13H9ClF3N3O/c14-6-1-2-11(20-18)7(3-6)13(21)19-12-5-9(16)8(15)4-10(12)17/h1-5,20H,18H2,(H,19,21). The Balaban J connectivity index is 2.34. The molecule has 2 rings (SSSR count). The van der Waals surface area contributed by atoms with Crippen LogP contribution in [0.2, 0.25) is 5.02 Å². The van der Waals surface area contributed by atoms with Crippen LogP contribution in [0.25, 0.3) is 0 Å². The highest BCUT2D eigenvalue weighted by molar-refractivity contribution is 6.31. The smallest absolute Gasteiger partial charge is 0.257 e. The number of hydrazine groups is 1. The number of hydrogen-bond acceptors (Lipinski definition) is 3. The van der Waals surface area contributed by atoms with Gasteiger partial charge in [0.05, 0.1) is 16.9 Å². The average molecular weight is 316 g/mol. The highest BCUT2D eigenvalue weighted by Crippen LogP contribution is 2.23. The van der Waals surface area contributed by atoms with Crippen molar-refractivity contribution in [2.75, 3.05) is 10.7 Å². The van der Waals surface area contributed by atoms with Crippen molar-refractivity contribution in [3.63, 3.8) is 0 Å². The largest absolute Gasteiger partial charge is 0.323 e. The summed E-state index contributed by atoms with van der Waals surface area (Å²) in [6.45, 7) is 0. The van der Waals surface area contributed by atoms with Gasteiger partial charge in [0.2, 0.25) is 0 Å². The van der Waals surface area contributed by atoms with Crippen molar-refractivity contribution < 1.29 is 18.0 Å². The zero-order chi connectivity index (χ0) is 15.6. The van der Waals surface area contributed by atoms with Crippen molar-refractivity contribution >= 4 is 28.9 Å². The average Bonchev–Trinajstić information content (AvgIpc) is 2.44. The summed E-state index contributed by atoms with van der Waals surface area (Å²) < 4.78 is 39.4. The summed E-state index contributed by atoms with van der Waals surface area (Å²) >= 11 is 5.77. The summed E-state index contributed by atoms with van der Waals surface area (Å²) in [5, 5.41) is 2.38. The minimum atomic E-state index is -1.35. The second-order valence-electron chi connectivity index (χ2n) is 4.03. The topological polar surface area (TPSA) is 67.1 Å². The van der Waals surface area contributed by atoms with E-state index in [0.717, 1.165) is 0 Å². The highest BCUT2D eigenvalue weighted by Gasteiger charge is 2.16. The van der Waals surface area contributed by atoms with E-state index in [4.69, 9.17) is 17.4 Å². The van der Waals surface area contributed by atoms with Gasteiger partial charge in [-0.15, -0.1) is 0 Å². The Kier molecular flexibility index (Phi) is 4.35. The van der Waals surface area contributed by atoms with E-state index in [0.29, 0.717) is 12.1 Å². The second-order valence-corrected chi connectivity index (χ2v) is 4.47. The summed E-state index contributed by atoms with van der Waals surface area (Å²) in [4.78, 5) is 12.0. The molecule has 0 spiro atoms. The minimum Gasteiger partial charge on any atom is -0.323 e. The molecule has 0 atom stereocenters. The van der Waals surface area contributed by atoms with Gasteiger partial charge in [0, 0.05) is 17.2 Å². The first-order valence-electron chi connectivity index (χ1n) is 5.64. The Morgan fingerprint density at radius 3 is 2.33 bits per heavy atom. The first-order valence-corrected chi connectivity index (χ1v) is 6.02. The monoisotopic (exact) mass is 315 g/mol. The number of hydrogen-bond donors (Lipinski definition) is 3. The van der Waals surface area contributed by atoms with E-state index in [2.05, 4.69) is 10.7 Å². The van der Waals surface area contributed by atoms with Gasteiger partial charge in [-0.1, -0.05) is 11.6 Å². The predicted molar refractivity (Wildman–Crippen MR) is 73.5 cm³/mol. The Bertz CT molecular complexity index is 709. The molecule has 1 amide bonds. The number of benzene rings is 2. The maximum absolute atomic E-state index is 13.5. The number of nitrogen functional groups attached to an aromatic ring is 1. The molecule has 0 heterocycles. The molecule has 0 aliphatic heterocycles. The lowest BCUT2D eigenvalue weighted by atomic mass is 10.1. The molecule has 4 nitrogen and oxygen atoms in total. The molecule has 0 saturated heterocycles. The number of anilines is 2. The zero-order valence-electron chi connectivity index (χ0n) is 10.4. The molecule has 2 aromatic carbocycles. The predicted octanol–water partition coefficient (Wildman–Crippen LogP) is 3.30.